The van der Waals surface area contributed by atoms with Crippen molar-refractivity contribution in [3.8, 4) is 0 Å². The number of hydrogen-bond donors (Lipinski definition) is 1. The van der Waals surface area contributed by atoms with E-state index in [4.69, 9.17) is 0 Å². The highest BCUT2D eigenvalue weighted by Crippen LogP contribution is 2.17. The van der Waals surface area contributed by atoms with E-state index in [0.29, 0.717) is 6.04 Å². The van der Waals surface area contributed by atoms with Crippen molar-refractivity contribution in [3.63, 3.8) is 0 Å². The molecule has 0 spiro atoms. The van der Waals surface area contributed by atoms with E-state index in [2.05, 4.69) is 41.0 Å². The fourth-order valence-corrected chi connectivity index (χ4v) is 3.13. The molecular weight excluding hydrogens is 224 g/mol. The van der Waals surface area contributed by atoms with Gasteiger partial charge in [0.25, 0.3) is 0 Å². The van der Waals surface area contributed by atoms with Crippen LogP contribution in [0.15, 0.2) is 0 Å². The van der Waals surface area contributed by atoms with Crippen molar-refractivity contribution in [2.75, 3.05) is 59.9 Å². The van der Waals surface area contributed by atoms with Crippen molar-refractivity contribution in [3.05, 3.63) is 0 Å². The van der Waals surface area contributed by atoms with Crippen LogP contribution in [0.5, 0.6) is 0 Å². The number of piperidine rings is 1. The van der Waals surface area contributed by atoms with Crippen LogP contribution < -0.4 is 5.32 Å². The Kier molecular flexibility index (Phi) is 5.42. The van der Waals surface area contributed by atoms with Gasteiger partial charge in [0.05, 0.1) is 0 Å². The first kappa shape index (κ1) is 14.3. The molecule has 2 fully saturated rings. The summed E-state index contributed by atoms with van der Waals surface area (Å²) in [4.78, 5) is 7.62. The van der Waals surface area contributed by atoms with Gasteiger partial charge in [-0.1, -0.05) is 0 Å². The number of rotatable bonds is 4. The molecule has 0 aromatic rings. The minimum atomic E-state index is 0.704. The van der Waals surface area contributed by atoms with E-state index in [-0.39, 0.29) is 0 Å². The largest absolute Gasteiger partial charge is 0.314 e. The van der Waals surface area contributed by atoms with Crippen molar-refractivity contribution < 1.29 is 0 Å². The van der Waals surface area contributed by atoms with Crippen LogP contribution in [0.3, 0.4) is 0 Å². The lowest BCUT2D eigenvalue weighted by Gasteiger charge is -2.42. The maximum Gasteiger partial charge on any atom is 0.0123 e. The van der Waals surface area contributed by atoms with Gasteiger partial charge in [-0.25, -0.2) is 0 Å². The molecule has 1 N–H and O–H groups in total. The predicted molar refractivity (Wildman–Crippen MR) is 77.1 cm³/mol. The van der Waals surface area contributed by atoms with Gasteiger partial charge in [0.15, 0.2) is 0 Å². The van der Waals surface area contributed by atoms with Crippen LogP contribution in [0.25, 0.3) is 0 Å². The molecule has 0 aliphatic carbocycles. The highest BCUT2D eigenvalue weighted by molar-refractivity contribution is 4.85. The third-order valence-electron chi connectivity index (χ3n) is 4.38. The summed E-state index contributed by atoms with van der Waals surface area (Å²) < 4.78 is 0. The van der Waals surface area contributed by atoms with Crippen LogP contribution in [0.4, 0.5) is 0 Å². The van der Waals surface area contributed by atoms with Crippen LogP contribution in [0.2, 0.25) is 0 Å². The van der Waals surface area contributed by atoms with Gasteiger partial charge in [-0.2, -0.15) is 0 Å². The summed E-state index contributed by atoms with van der Waals surface area (Å²) in [5.74, 6) is 0. The highest BCUT2D eigenvalue weighted by Gasteiger charge is 2.27. The summed E-state index contributed by atoms with van der Waals surface area (Å²) in [5, 5.41) is 3.55. The summed E-state index contributed by atoms with van der Waals surface area (Å²) in [6.45, 7) is 11.0. The van der Waals surface area contributed by atoms with Gasteiger partial charge < -0.3 is 10.2 Å². The summed E-state index contributed by atoms with van der Waals surface area (Å²) in [7, 11) is 4.32. The van der Waals surface area contributed by atoms with Gasteiger partial charge in [0.1, 0.15) is 0 Å². The molecule has 0 aromatic heterocycles. The normalized spacial score (nSPS) is 32.0. The Bertz CT molecular complexity index is 236. The second kappa shape index (κ2) is 6.85. The number of nitrogens with zero attached hydrogens (tertiary/aromatic N) is 3. The molecule has 4 nitrogen and oxygen atoms in total. The second-order valence-electron chi connectivity index (χ2n) is 6.21. The van der Waals surface area contributed by atoms with Gasteiger partial charge in [-0.15, -0.1) is 0 Å². The first-order valence-electron chi connectivity index (χ1n) is 7.49. The number of nitrogens with one attached hydrogen (secondary N) is 1. The Morgan fingerprint density at radius 1 is 1.17 bits per heavy atom. The highest BCUT2D eigenvalue weighted by atomic mass is 15.3. The molecule has 2 aliphatic rings. The fourth-order valence-electron chi connectivity index (χ4n) is 3.13. The van der Waals surface area contributed by atoms with Crippen molar-refractivity contribution in [1.29, 1.82) is 0 Å². The maximum absolute atomic E-state index is 3.55. The minimum absolute atomic E-state index is 0.704. The molecule has 0 bridgehead atoms. The molecule has 18 heavy (non-hydrogen) atoms. The molecule has 2 heterocycles. The molecule has 0 saturated carbocycles. The lowest BCUT2D eigenvalue weighted by molar-refractivity contribution is 0.0724. The standard InChI is InChI=1S/C14H30N4/c1-13-12-14(4-5-15-13)18-10-8-17(9-11-18)7-6-16(2)3/h13-15H,4-12H2,1-3H3. The monoisotopic (exact) mass is 254 g/mol. The van der Waals surface area contributed by atoms with E-state index in [0.717, 1.165) is 6.04 Å². The van der Waals surface area contributed by atoms with Crippen LogP contribution >= 0.6 is 0 Å². The van der Waals surface area contributed by atoms with Crippen molar-refractivity contribution >= 4 is 0 Å². The third kappa shape index (κ3) is 4.19. The molecule has 4 heteroatoms. The number of likely N-dealkylation sites (N-methyl/N-ethyl adjacent to an activating group) is 1. The van der Waals surface area contributed by atoms with Gasteiger partial charge in [-0.3, -0.25) is 9.80 Å². The van der Waals surface area contributed by atoms with E-state index < -0.39 is 0 Å². The summed E-state index contributed by atoms with van der Waals surface area (Å²) >= 11 is 0. The van der Waals surface area contributed by atoms with Crippen LogP contribution in [0, 0.1) is 0 Å². The molecule has 0 radical (unpaired) electrons. The lowest BCUT2D eigenvalue weighted by Crippen LogP contribution is -2.54. The summed E-state index contributed by atoms with van der Waals surface area (Å²) in [6, 6.07) is 1.53. The van der Waals surface area contributed by atoms with E-state index >= 15 is 0 Å². The van der Waals surface area contributed by atoms with Crippen molar-refractivity contribution in [2.24, 2.45) is 0 Å². The quantitative estimate of drug-likeness (QED) is 0.779. The molecule has 2 unspecified atom stereocenters. The zero-order valence-corrected chi connectivity index (χ0v) is 12.4. The van der Waals surface area contributed by atoms with Gasteiger partial charge in [0.2, 0.25) is 0 Å². The zero-order valence-electron chi connectivity index (χ0n) is 12.4. The second-order valence-corrected chi connectivity index (χ2v) is 6.21. The number of hydrogen-bond acceptors (Lipinski definition) is 4. The van der Waals surface area contributed by atoms with Gasteiger partial charge in [-0.05, 0) is 40.4 Å². The summed E-state index contributed by atoms with van der Waals surface area (Å²) in [5.41, 5.74) is 0. The average Bonchev–Trinajstić information content (AvgIpc) is 2.37. The van der Waals surface area contributed by atoms with Gasteiger partial charge >= 0.3 is 0 Å². The molecular formula is C14H30N4. The summed E-state index contributed by atoms with van der Waals surface area (Å²) in [6.07, 6.45) is 2.67. The van der Waals surface area contributed by atoms with E-state index in [1.54, 1.807) is 0 Å². The third-order valence-corrected chi connectivity index (χ3v) is 4.38. The molecule has 106 valence electrons. The Morgan fingerprint density at radius 3 is 2.50 bits per heavy atom. The minimum Gasteiger partial charge on any atom is -0.314 e. The predicted octanol–water partition coefficient (Wildman–Crippen LogP) is 0.306. The molecule has 2 rings (SSSR count). The molecule has 2 atom stereocenters. The van der Waals surface area contributed by atoms with Crippen LogP contribution in [-0.4, -0.2) is 86.7 Å². The topological polar surface area (TPSA) is 21.8 Å². The first-order chi connectivity index (χ1) is 8.65. The Labute approximate surface area is 112 Å². The zero-order chi connectivity index (χ0) is 13.0. The SMILES string of the molecule is CC1CC(N2CCN(CCN(C)C)CC2)CCN1. The van der Waals surface area contributed by atoms with E-state index in [9.17, 15) is 0 Å². The van der Waals surface area contributed by atoms with E-state index in [1.165, 1.54) is 58.7 Å². The molecule has 2 saturated heterocycles. The molecule has 0 aromatic carbocycles. The smallest absolute Gasteiger partial charge is 0.0123 e. The molecule has 2 aliphatic heterocycles. The Morgan fingerprint density at radius 2 is 1.89 bits per heavy atom. The van der Waals surface area contributed by atoms with Crippen LogP contribution in [-0.2, 0) is 0 Å². The Hall–Kier alpha value is -0.160. The molecule has 0 amide bonds. The lowest BCUT2D eigenvalue weighted by atomic mass is 9.98. The average molecular weight is 254 g/mol. The van der Waals surface area contributed by atoms with Gasteiger partial charge in [0, 0.05) is 51.4 Å². The van der Waals surface area contributed by atoms with Crippen LogP contribution in [0.1, 0.15) is 19.8 Å². The first-order valence-corrected chi connectivity index (χ1v) is 7.49. The van der Waals surface area contributed by atoms with Crippen molar-refractivity contribution in [1.82, 2.24) is 20.0 Å². The number of piperazine rings is 1. The maximum atomic E-state index is 3.55. The Balaban J connectivity index is 1.69. The fraction of sp³-hybridized carbons (Fsp3) is 1.00. The van der Waals surface area contributed by atoms with Crippen molar-refractivity contribution in [2.45, 2.75) is 31.8 Å². The van der Waals surface area contributed by atoms with E-state index in [1.807, 2.05) is 0 Å².